The van der Waals surface area contributed by atoms with E-state index in [4.69, 9.17) is 4.52 Å². The number of rotatable bonds is 4. The standard InChI is InChI=1S/C20H25N7O2/c1-4-17-23-19(29-26-17)14-8-7-12(2)16(10-14)22-20(28)27-9-5-6-15(11-27)18-21-13(3)24-25-18/h7-8,10,15H,4-6,9,11H2,1-3H3,(H,22,28)(H,21,24,25)/t15-/m0/s1. The van der Waals surface area contributed by atoms with Crippen molar-refractivity contribution in [3.05, 3.63) is 41.2 Å². The van der Waals surface area contributed by atoms with Crippen LogP contribution in [0.4, 0.5) is 10.5 Å². The van der Waals surface area contributed by atoms with Crippen molar-refractivity contribution in [2.75, 3.05) is 18.4 Å². The highest BCUT2D eigenvalue weighted by Gasteiger charge is 2.27. The van der Waals surface area contributed by atoms with Crippen LogP contribution in [-0.2, 0) is 6.42 Å². The van der Waals surface area contributed by atoms with Gasteiger partial charge in [-0.2, -0.15) is 10.1 Å². The monoisotopic (exact) mass is 395 g/mol. The molecule has 1 aromatic carbocycles. The molecule has 1 aliphatic rings. The summed E-state index contributed by atoms with van der Waals surface area (Å²) in [5.41, 5.74) is 2.49. The first-order valence-corrected chi connectivity index (χ1v) is 9.92. The van der Waals surface area contributed by atoms with E-state index in [1.165, 1.54) is 0 Å². The van der Waals surface area contributed by atoms with Gasteiger partial charge < -0.3 is 14.7 Å². The van der Waals surface area contributed by atoms with Crippen LogP contribution in [0.15, 0.2) is 22.7 Å². The van der Waals surface area contributed by atoms with E-state index in [1.54, 1.807) is 0 Å². The van der Waals surface area contributed by atoms with Crippen LogP contribution in [0.25, 0.3) is 11.5 Å². The number of H-pyrrole nitrogens is 1. The number of amides is 2. The molecule has 1 fully saturated rings. The minimum atomic E-state index is -0.123. The van der Waals surface area contributed by atoms with Crippen LogP contribution in [0, 0.1) is 13.8 Å². The van der Waals surface area contributed by atoms with Crippen LogP contribution < -0.4 is 5.32 Å². The molecular weight excluding hydrogens is 370 g/mol. The van der Waals surface area contributed by atoms with Gasteiger partial charge in [-0.15, -0.1) is 0 Å². The average molecular weight is 395 g/mol. The number of aryl methyl sites for hydroxylation is 3. The van der Waals surface area contributed by atoms with E-state index < -0.39 is 0 Å². The lowest BCUT2D eigenvalue weighted by molar-refractivity contribution is 0.191. The van der Waals surface area contributed by atoms with Crippen LogP contribution in [-0.4, -0.2) is 49.3 Å². The smallest absolute Gasteiger partial charge is 0.321 e. The molecule has 1 saturated heterocycles. The Morgan fingerprint density at radius 1 is 1.34 bits per heavy atom. The van der Waals surface area contributed by atoms with Gasteiger partial charge in [0, 0.05) is 36.7 Å². The summed E-state index contributed by atoms with van der Waals surface area (Å²) in [7, 11) is 0. The molecule has 9 nitrogen and oxygen atoms in total. The molecule has 0 saturated carbocycles. The number of likely N-dealkylation sites (tertiary alicyclic amines) is 1. The van der Waals surface area contributed by atoms with E-state index in [9.17, 15) is 4.79 Å². The van der Waals surface area contributed by atoms with Gasteiger partial charge in [0.1, 0.15) is 5.82 Å². The van der Waals surface area contributed by atoms with Crippen molar-refractivity contribution in [3.8, 4) is 11.5 Å². The Kier molecular flexibility index (Phi) is 5.28. The Balaban J connectivity index is 1.48. The zero-order valence-corrected chi connectivity index (χ0v) is 16.9. The third-order valence-corrected chi connectivity index (χ3v) is 5.20. The number of hydrogen-bond acceptors (Lipinski definition) is 6. The fourth-order valence-electron chi connectivity index (χ4n) is 3.51. The zero-order valence-electron chi connectivity index (χ0n) is 16.9. The van der Waals surface area contributed by atoms with E-state index in [0.717, 1.165) is 41.3 Å². The molecule has 152 valence electrons. The summed E-state index contributed by atoms with van der Waals surface area (Å²) in [6.07, 6.45) is 2.61. The number of anilines is 1. The van der Waals surface area contributed by atoms with Gasteiger partial charge >= 0.3 is 6.03 Å². The fraction of sp³-hybridized carbons (Fsp3) is 0.450. The number of carbonyl (C=O) groups excluding carboxylic acids is 1. The maximum Gasteiger partial charge on any atom is 0.321 e. The SMILES string of the molecule is CCc1noc(-c2ccc(C)c(NC(=O)N3CCC[C@H](c4n[nH]c(C)n4)C3)c2)n1. The first-order chi connectivity index (χ1) is 14.0. The molecule has 1 atom stereocenters. The molecule has 4 rings (SSSR count). The van der Waals surface area contributed by atoms with E-state index in [-0.39, 0.29) is 11.9 Å². The topological polar surface area (TPSA) is 113 Å². The molecule has 29 heavy (non-hydrogen) atoms. The number of carbonyl (C=O) groups is 1. The summed E-state index contributed by atoms with van der Waals surface area (Å²) in [6.45, 7) is 7.13. The highest BCUT2D eigenvalue weighted by atomic mass is 16.5. The summed E-state index contributed by atoms with van der Waals surface area (Å²) in [4.78, 5) is 23.5. The Morgan fingerprint density at radius 2 is 2.21 bits per heavy atom. The number of nitrogens with zero attached hydrogens (tertiary/aromatic N) is 5. The van der Waals surface area contributed by atoms with Crippen LogP contribution in [0.2, 0.25) is 0 Å². The lowest BCUT2D eigenvalue weighted by atomic mass is 9.97. The van der Waals surface area contributed by atoms with Gasteiger partial charge in [-0.05, 0) is 44.4 Å². The molecule has 0 aliphatic carbocycles. The maximum atomic E-state index is 12.9. The van der Waals surface area contributed by atoms with Gasteiger partial charge in [-0.25, -0.2) is 9.78 Å². The predicted molar refractivity (Wildman–Crippen MR) is 108 cm³/mol. The quantitative estimate of drug-likeness (QED) is 0.700. The van der Waals surface area contributed by atoms with Crippen molar-refractivity contribution in [2.24, 2.45) is 0 Å². The molecule has 2 amide bonds. The average Bonchev–Trinajstić information content (AvgIpc) is 3.39. The maximum absolute atomic E-state index is 12.9. The van der Waals surface area contributed by atoms with Gasteiger partial charge in [0.05, 0.1) is 0 Å². The van der Waals surface area contributed by atoms with E-state index in [1.807, 2.05) is 43.9 Å². The van der Waals surface area contributed by atoms with Crippen molar-refractivity contribution in [3.63, 3.8) is 0 Å². The molecule has 3 aromatic rings. The fourth-order valence-corrected chi connectivity index (χ4v) is 3.51. The Morgan fingerprint density at radius 3 is 2.93 bits per heavy atom. The first-order valence-electron chi connectivity index (χ1n) is 9.92. The molecular formula is C20H25N7O2. The normalized spacial score (nSPS) is 16.8. The van der Waals surface area contributed by atoms with Gasteiger partial charge in [0.2, 0.25) is 0 Å². The molecule has 0 unspecified atom stereocenters. The number of aromatic nitrogens is 5. The molecule has 2 N–H and O–H groups in total. The number of aromatic amines is 1. The largest absolute Gasteiger partial charge is 0.334 e. The summed E-state index contributed by atoms with van der Waals surface area (Å²) in [5.74, 6) is 2.84. The number of urea groups is 1. The molecule has 2 aromatic heterocycles. The Labute approximate surface area is 168 Å². The van der Waals surface area contributed by atoms with Crippen molar-refractivity contribution in [1.82, 2.24) is 30.2 Å². The minimum Gasteiger partial charge on any atom is -0.334 e. The zero-order chi connectivity index (χ0) is 20.4. The highest BCUT2D eigenvalue weighted by molar-refractivity contribution is 5.91. The molecule has 0 bridgehead atoms. The lowest BCUT2D eigenvalue weighted by Crippen LogP contribution is -2.42. The molecule has 0 radical (unpaired) electrons. The number of nitrogens with one attached hydrogen (secondary N) is 2. The molecule has 3 heterocycles. The van der Waals surface area contributed by atoms with E-state index in [0.29, 0.717) is 31.2 Å². The van der Waals surface area contributed by atoms with Crippen LogP contribution >= 0.6 is 0 Å². The third-order valence-electron chi connectivity index (χ3n) is 5.20. The highest BCUT2D eigenvalue weighted by Crippen LogP contribution is 2.27. The molecule has 0 spiro atoms. The summed E-state index contributed by atoms with van der Waals surface area (Å²) >= 11 is 0. The summed E-state index contributed by atoms with van der Waals surface area (Å²) in [6, 6.07) is 5.61. The number of benzene rings is 1. The molecule has 9 heteroatoms. The molecule has 1 aliphatic heterocycles. The van der Waals surface area contributed by atoms with Gasteiger partial charge in [0.15, 0.2) is 11.6 Å². The van der Waals surface area contributed by atoms with Gasteiger partial charge in [-0.3, -0.25) is 5.10 Å². The van der Waals surface area contributed by atoms with Crippen molar-refractivity contribution >= 4 is 11.7 Å². The van der Waals surface area contributed by atoms with Gasteiger partial charge in [-0.1, -0.05) is 18.1 Å². The van der Waals surface area contributed by atoms with Crippen LogP contribution in [0.5, 0.6) is 0 Å². The second kappa shape index (κ2) is 8.02. The number of hydrogen-bond donors (Lipinski definition) is 2. The Bertz CT molecular complexity index is 1010. The predicted octanol–water partition coefficient (Wildman–Crippen LogP) is 3.45. The van der Waals surface area contributed by atoms with Crippen molar-refractivity contribution < 1.29 is 9.32 Å². The second-order valence-electron chi connectivity index (χ2n) is 7.39. The lowest BCUT2D eigenvalue weighted by Gasteiger charge is -2.31. The number of piperidine rings is 1. The van der Waals surface area contributed by atoms with Crippen molar-refractivity contribution in [1.29, 1.82) is 0 Å². The summed E-state index contributed by atoms with van der Waals surface area (Å²) in [5, 5.41) is 14.1. The van der Waals surface area contributed by atoms with E-state index >= 15 is 0 Å². The van der Waals surface area contributed by atoms with E-state index in [2.05, 4.69) is 30.6 Å². The minimum absolute atomic E-state index is 0.123. The second-order valence-corrected chi connectivity index (χ2v) is 7.39. The van der Waals surface area contributed by atoms with Crippen molar-refractivity contribution in [2.45, 2.75) is 46.0 Å². The van der Waals surface area contributed by atoms with Gasteiger partial charge in [0.25, 0.3) is 5.89 Å². The third kappa shape index (κ3) is 4.13. The van der Waals surface area contributed by atoms with Crippen LogP contribution in [0.3, 0.4) is 0 Å². The first kappa shape index (κ1) is 19.1. The summed E-state index contributed by atoms with van der Waals surface area (Å²) < 4.78 is 5.32. The Hall–Kier alpha value is -3.23. The van der Waals surface area contributed by atoms with Crippen LogP contribution in [0.1, 0.15) is 48.7 Å².